The third kappa shape index (κ3) is 1.69. The number of hydrogen-bond acceptors (Lipinski definition) is 3. The van der Waals surface area contributed by atoms with Gasteiger partial charge in [-0.15, -0.1) is 0 Å². The molecule has 0 aliphatic heterocycles. The number of aromatic nitrogens is 1. The number of nitrogens with two attached hydrogens (primary N) is 1. The van der Waals surface area contributed by atoms with Crippen LogP contribution < -0.4 is 5.73 Å². The van der Waals surface area contributed by atoms with E-state index in [1.807, 2.05) is 30.3 Å². The van der Waals surface area contributed by atoms with E-state index in [2.05, 4.69) is 5.16 Å². The highest BCUT2D eigenvalue weighted by Gasteiger charge is 2.03. The van der Waals surface area contributed by atoms with Crippen LogP contribution in [0.2, 0.25) is 0 Å². The van der Waals surface area contributed by atoms with Gasteiger partial charge in [0.1, 0.15) is 6.26 Å². The molecule has 0 radical (unpaired) electrons. The second-order valence-corrected chi connectivity index (χ2v) is 2.89. The van der Waals surface area contributed by atoms with Crippen LogP contribution in [-0.4, -0.2) is 5.16 Å². The van der Waals surface area contributed by atoms with Crippen molar-refractivity contribution in [3.63, 3.8) is 0 Å². The van der Waals surface area contributed by atoms with E-state index in [0.717, 1.165) is 12.0 Å². The molecule has 2 rings (SSSR count). The van der Waals surface area contributed by atoms with E-state index in [1.165, 1.54) is 5.56 Å². The summed E-state index contributed by atoms with van der Waals surface area (Å²) < 4.78 is 4.74. The van der Waals surface area contributed by atoms with Crippen LogP contribution in [0.4, 0.5) is 5.82 Å². The Hall–Kier alpha value is -1.77. The first-order valence-corrected chi connectivity index (χ1v) is 4.09. The third-order valence-corrected chi connectivity index (χ3v) is 1.91. The molecule has 0 fully saturated rings. The van der Waals surface area contributed by atoms with Crippen molar-refractivity contribution in [1.82, 2.24) is 5.16 Å². The van der Waals surface area contributed by atoms with Gasteiger partial charge in [-0.25, -0.2) is 0 Å². The summed E-state index contributed by atoms with van der Waals surface area (Å²) in [5.74, 6) is 0.476. The van der Waals surface area contributed by atoms with Gasteiger partial charge in [0, 0.05) is 12.0 Å². The number of benzene rings is 1. The van der Waals surface area contributed by atoms with Gasteiger partial charge in [-0.05, 0) is 5.56 Å². The maximum absolute atomic E-state index is 5.58. The maximum atomic E-state index is 5.58. The molecular weight excluding hydrogens is 164 g/mol. The summed E-state index contributed by atoms with van der Waals surface area (Å²) in [6.07, 6.45) is 2.36. The van der Waals surface area contributed by atoms with E-state index < -0.39 is 0 Å². The van der Waals surface area contributed by atoms with Crippen molar-refractivity contribution in [2.45, 2.75) is 6.42 Å². The first-order valence-electron chi connectivity index (χ1n) is 4.09. The van der Waals surface area contributed by atoms with Gasteiger partial charge in [0.25, 0.3) is 0 Å². The summed E-state index contributed by atoms with van der Waals surface area (Å²) in [6, 6.07) is 10.1. The van der Waals surface area contributed by atoms with Crippen LogP contribution in [0.3, 0.4) is 0 Å². The zero-order valence-corrected chi connectivity index (χ0v) is 7.10. The van der Waals surface area contributed by atoms with E-state index in [0.29, 0.717) is 5.82 Å². The second-order valence-electron chi connectivity index (χ2n) is 2.89. The number of nitrogens with zero attached hydrogens (tertiary/aromatic N) is 1. The lowest BCUT2D eigenvalue weighted by Gasteiger charge is -1.97. The Kier molecular flexibility index (Phi) is 2.00. The van der Waals surface area contributed by atoms with Crippen molar-refractivity contribution in [3.8, 4) is 0 Å². The van der Waals surface area contributed by atoms with Crippen LogP contribution in [0.15, 0.2) is 41.1 Å². The topological polar surface area (TPSA) is 52.0 Å². The molecule has 2 aromatic rings. The molecule has 2 N–H and O–H groups in total. The summed E-state index contributed by atoms with van der Waals surface area (Å²) in [5.41, 5.74) is 7.73. The zero-order valence-electron chi connectivity index (χ0n) is 7.10. The molecule has 1 heterocycles. The van der Waals surface area contributed by atoms with Crippen molar-refractivity contribution in [3.05, 3.63) is 47.7 Å². The second kappa shape index (κ2) is 3.31. The number of nitrogen functional groups attached to an aromatic ring is 1. The fraction of sp³-hybridized carbons (Fsp3) is 0.100. The Morgan fingerprint density at radius 3 is 2.62 bits per heavy atom. The van der Waals surface area contributed by atoms with Gasteiger partial charge in [-0.2, -0.15) is 0 Å². The normalized spacial score (nSPS) is 10.2. The molecule has 0 aliphatic rings. The summed E-state index contributed by atoms with van der Waals surface area (Å²) in [6.45, 7) is 0. The molecule has 3 heteroatoms. The molecule has 0 unspecified atom stereocenters. The highest BCUT2D eigenvalue weighted by molar-refractivity contribution is 5.39. The maximum Gasteiger partial charge on any atom is 0.170 e. The van der Waals surface area contributed by atoms with Crippen LogP contribution in [0.5, 0.6) is 0 Å². The first kappa shape index (κ1) is 7.86. The predicted molar refractivity (Wildman–Crippen MR) is 50.2 cm³/mol. The highest BCUT2D eigenvalue weighted by Crippen LogP contribution is 2.13. The molecule has 0 saturated heterocycles. The molecule has 0 aliphatic carbocycles. The molecule has 1 aromatic carbocycles. The summed E-state index contributed by atoms with van der Waals surface area (Å²) >= 11 is 0. The van der Waals surface area contributed by atoms with Gasteiger partial charge in [0.15, 0.2) is 5.82 Å². The molecule has 0 spiro atoms. The van der Waals surface area contributed by atoms with Crippen LogP contribution in [0.1, 0.15) is 11.1 Å². The molecule has 0 bridgehead atoms. The number of hydrogen-bond donors (Lipinski definition) is 1. The average molecular weight is 174 g/mol. The van der Waals surface area contributed by atoms with E-state index in [1.54, 1.807) is 6.26 Å². The Morgan fingerprint density at radius 2 is 2.00 bits per heavy atom. The zero-order chi connectivity index (χ0) is 9.10. The molecular formula is C10H10N2O. The van der Waals surface area contributed by atoms with Crippen LogP contribution >= 0.6 is 0 Å². The van der Waals surface area contributed by atoms with Gasteiger partial charge >= 0.3 is 0 Å². The average Bonchev–Trinajstić information content (AvgIpc) is 2.54. The van der Waals surface area contributed by atoms with Crippen molar-refractivity contribution >= 4 is 5.82 Å². The van der Waals surface area contributed by atoms with Gasteiger partial charge in [0.2, 0.25) is 0 Å². The van der Waals surface area contributed by atoms with E-state index in [9.17, 15) is 0 Å². The standard InChI is InChI=1S/C10H10N2O/c11-10-9(7-13-12-10)6-8-4-2-1-3-5-8/h1-5,7H,6H2,(H2,11,12). The van der Waals surface area contributed by atoms with E-state index >= 15 is 0 Å². The lowest BCUT2D eigenvalue weighted by molar-refractivity contribution is 0.422. The van der Waals surface area contributed by atoms with Gasteiger partial charge in [0.05, 0.1) is 0 Å². The van der Waals surface area contributed by atoms with Crippen LogP contribution in [0, 0.1) is 0 Å². The van der Waals surface area contributed by atoms with Gasteiger partial charge < -0.3 is 10.3 Å². The molecule has 3 nitrogen and oxygen atoms in total. The molecule has 0 atom stereocenters. The number of rotatable bonds is 2. The predicted octanol–water partition coefficient (Wildman–Crippen LogP) is 1.85. The fourth-order valence-corrected chi connectivity index (χ4v) is 1.21. The van der Waals surface area contributed by atoms with Crippen molar-refractivity contribution in [2.24, 2.45) is 0 Å². The van der Waals surface area contributed by atoms with E-state index in [-0.39, 0.29) is 0 Å². The summed E-state index contributed by atoms with van der Waals surface area (Å²) in [4.78, 5) is 0. The van der Waals surface area contributed by atoms with Crippen LogP contribution in [-0.2, 0) is 6.42 Å². The summed E-state index contributed by atoms with van der Waals surface area (Å²) in [7, 11) is 0. The lowest BCUT2D eigenvalue weighted by atomic mass is 10.1. The SMILES string of the molecule is Nc1nocc1Cc1ccccc1. The quantitative estimate of drug-likeness (QED) is 0.755. The van der Waals surface area contributed by atoms with Crippen molar-refractivity contribution < 1.29 is 4.52 Å². The molecule has 1 aromatic heterocycles. The Morgan fingerprint density at radius 1 is 1.23 bits per heavy atom. The van der Waals surface area contributed by atoms with Crippen LogP contribution in [0.25, 0.3) is 0 Å². The van der Waals surface area contributed by atoms with Gasteiger partial charge in [-0.3, -0.25) is 0 Å². The molecule has 66 valence electrons. The molecule has 0 amide bonds. The fourth-order valence-electron chi connectivity index (χ4n) is 1.21. The molecule has 13 heavy (non-hydrogen) atoms. The Labute approximate surface area is 76.2 Å². The lowest BCUT2D eigenvalue weighted by Crippen LogP contribution is -1.92. The van der Waals surface area contributed by atoms with Crippen molar-refractivity contribution in [2.75, 3.05) is 5.73 Å². The first-order chi connectivity index (χ1) is 6.36. The monoisotopic (exact) mass is 174 g/mol. The smallest absolute Gasteiger partial charge is 0.170 e. The third-order valence-electron chi connectivity index (χ3n) is 1.91. The summed E-state index contributed by atoms with van der Waals surface area (Å²) in [5, 5.41) is 3.62. The minimum atomic E-state index is 0.476. The molecule has 0 saturated carbocycles. The highest BCUT2D eigenvalue weighted by atomic mass is 16.5. The van der Waals surface area contributed by atoms with Gasteiger partial charge in [-0.1, -0.05) is 35.5 Å². The minimum absolute atomic E-state index is 0.476. The Balaban J connectivity index is 2.20. The largest absolute Gasteiger partial charge is 0.381 e. The van der Waals surface area contributed by atoms with Crippen molar-refractivity contribution in [1.29, 1.82) is 0 Å². The number of anilines is 1. The Bertz CT molecular complexity index is 381. The van der Waals surface area contributed by atoms with E-state index in [4.69, 9.17) is 10.3 Å². The minimum Gasteiger partial charge on any atom is -0.381 e.